The van der Waals surface area contributed by atoms with Crippen LogP contribution in [0.25, 0.3) is 10.9 Å². The molecule has 0 spiro atoms. The number of hydrogen-bond donors (Lipinski definition) is 1. The molecule has 7 heteroatoms. The standard InChI is InChI=1S/C26H25FN4O2/c1-4-31-15-20-18(26(31)32)10-12-28-25(20)29-16(2)17-8-9-24(21(27)14-17)33-23-7-5-6-22-19(23)11-13-30(22)3/h5-14,16H,4,15H2,1-3H3,(H,28,29)/t16-/m0/s1. The molecule has 0 fully saturated rings. The van der Waals surface area contributed by atoms with E-state index in [0.717, 1.165) is 22.0 Å². The monoisotopic (exact) mass is 444 g/mol. The second kappa shape index (κ2) is 8.24. The van der Waals surface area contributed by atoms with Crippen LogP contribution in [-0.4, -0.2) is 26.9 Å². The van der Waals surface area contributed by atoms with Crippen molar-refractivity contribution >= 4 is 22.6 Å². The van der Waals surface area contributed by atoms with Crippen molar-refractivity contribution in [3.8, 4) is 11.5 Å². The first kappa shape index (κ1) is 21.0. The fourth-order valence-electron chi connectivity index (χ4n) is 4.30. The number of aryl methyl sites for hydroxylation is 1. The molecule has 33 heavy (non-hydrogen) atoms. The number of ether oxygens (including phenoxy) is 1. The minimum absolute atomic E-state index is 0.0200. The molecule has 3 heterocycles. The molecule has 1 aliphatic heterocycles. The highest BCUT2D eigenvalue weighted by Crippen LogP contribution is 2.34. The zero-order chi connectivity index (χ0) is 23.1. The zero-order valence-corrected chi connectivity index (χ0v) is 18.8. The number of nitrogens with zero attached hydrogens (tertiary/aromatic N) is 3. The maximum absolute atomic E-state index is 15.0. The maximum atomic E-state index is 15.0. The van der Waals surface area contributed by atoms with Gasteiger partial charge in [-0.3, -0.25) is 4.79 Å². The summed E-state index contributed by atoms with van der Waals surface area (Å²) in [4.78, 5) is 18.7. The van der Waals surface area contributed by atoms with E-state index in [-0.39, 0.29) is 17.7 Å². The Morgan fingerprint density at radius 1 is 1.18 bits per heavy atom. The van der Waals surface area contributed by atoms with E-state index in [2.05, 4.69) is 10.3 Å². The van der Waals surface area contributed by atoms with Crippen LogP contribution >= 0.6 is 0 Å². The molecule has 0 saturated heterocycles. The molecule has 0 radical (unpaired) electrons. The quantitative estimate of drug-likeness (QED) is 0.417. The summed E-state index contributed by atoms with van der Waals surface area (Å²) in [7, 11) is 1.96. The normalized spacial score (nSPS) is 13.9. The summed E-state index contributed by atoms with van der Waals surface area (Å²) in [5.41, 5.74) is 3.33. The molecule has 0 bridgehead atoms. The lowest BCUT2D eigenvalue weighted by molar-refractivity contribution is 0.0787. The van der Waals surface area contributed by atoms with Crippen molar-refractivity contribution in [3.05, 3.63) is 83.4 Å². The molecule has 0 unspecified atom stereocenters. The Balaban J connectivity index is 1.37. The summed E-state index contributed by atoms with van der Waals surface area (Å²) >= 11 is 0. The van der Waals surface area contributed by atoms with Crippen molar-refractivity contribution < 1.29 is 13.9 Å². The van der Waals surface area contributed by atoms with E-state index in [1.165, 1.54) is 6.07 Å². The minimum Gasteiger partial charge on any atom is -0.454 e. The van der Waals surface area contributed by atoms with Crippen molar-refractivity contribution in [1.29, 1.82) is 0 Å². The summed E-state index contributed by atoms with van der Waals surface area (Å²) < 4.78 is 22.9. The first-order chi connectivity index (χ1) is 16.0. The van der Waals surface area contributed by atoms with E-state index in [9.17, 15) is 9.18 Å². The fraction of sp³-hybridized carbons (Fsp3) is 0.231. The number of carbonyl (C=O) groups excluding carboxylic acids is 1. The van der Waals surface area contributed by atoms with Crippen LogP contribution in [0.3, 0.4) is 0 Å². The number of carbonyl (C=O) groups is 1. The third-order valence-corrected chi connectivity index (χ3v) is 6.22. The van der Waals surface area contributed by atoms with E-state index < -0.39 is 5.82 Å². The Bertz CT molecular complexity index is 1360. The second-order valence-electron chi connectivity index (χ2n) is 8.28. The number of halogens is 1. The molecule has 4 aromatic rings. The molecule has 2 aromatic heterocycles. The number of amides is 1. The Morgan fingerprint density at radius 2 is 2.03 bits per heavy atom. The van der Waals surface area contributed by atoms with Crippen molar-refractivity contribution in [1.82, 2.24) is 14.5 Å². The molecule has 5 rings (SSSR count). The van der Waals surface area contributed by atoms with Crippen LogP contribution < -0.4 is 10.1 Å². The summed E-state index contributed by atoms with van der Waals surface area (Å²) in [6.07, 6.45) is 3.58. The number of anilines is 1. The zero-order valence-electron chi connectivity index (χ0n) is 18.8. The molecular formula is C26H25FN4O2. The van der Waals surface area contributed by atoms with Gasteiger partial charge in [-0.05, 0) is 55.8 Å². The predicted octanol–water partition coefficient (Wildman–Crippen LogP) is 5.65. The first-order valence-electron chi connectivity index (χ1n) is 11.0. The van der Waals surface area contributed by atoms with E-state index in [0.29, 0.717) is 30.2 Å². The van der Waals surface area contributed by atoms with Crippen LogP contribution in [0.5, 0.6) is 11.5 Å². The van der Waals surface area contributed by atoms with Crippen LogP contribution in [0.1, 0.15) is 41.4 Å². The van der Waals surface area contributed by atoms with Crippen molar-refractivity contribution in [2.75, 3.05) is 11.9 Å². The van der Waals surface area contributed by atoms with E-state index in [1.54, 1.807) is 23.2 Å². The van der Waals surface area contributed by atoms with Gasteiger partial charge in [-0.1, -0.05) is 12.1 Å². The average molecular weight is 445 g/mol. The van der Waals surface area contributed by atoms with Gasteiger partial charge < -0.3 is 19.5 Å². The van der Waals surface area contributed by atoms with E-state index in [1.807, 2.05) is 62.0 Å². The maximum Gasteiger partial charge on any atom is 0.254 e. The molecule has 0 saturated carbocycles. The van der Waals surface area contributed by atoms with Crippen LogP contribution in [0, 0.1) is 5.82 Å². The summed E-state index contributed by atoms with van der Waals surface area (Å²) in [6.45, 7) is 5.07. The molecule has 0 aliphatic carbocycles. The molecule has 168 valence electrons. The number of rotatable bonds is 6. The second-order valence-corrected chi connectivity index (χ2v) is 8.28. The van der Waals surface area contributed by atoms with Crippen molar-refractivity contribution in [2.45, 2.75) is 26.4 Å². The third-order valence-electron chi connectivity index (χ3n) is 6.22. The van der Waals surface area contributed by atoms with Gasteiger partial charge in [0.2, 0.25) is 0 Å². The number of fused-ring (bicyclic) bond motifs is 2. The van der Waals surface area contributed by atoms with Gasteiger partial charge in [-0.25, -0.2) is 9.37 Å². The van der Waals surface area contributed by atoms with Gasteiger partial charge in [0.25, 0.3) is 5.91 Å². The van der Waals surface area contributed by atoms with Crippen LogP contribution in [0.2, 0.25) is 0 Å². The highest BCUT2D eigenvalue weighted by Gasteiger charge is 2.29. The number of aromatic nitrogens is 2. The molecule has 1 amide bonds. The average Bonchev–Trinajstić information content (AvgIpc) is 3.36. The van der Waals surface area contributed by atoms with Gasteiger partial charge in [0.05, 0.1) is 18.1 Å². The lowest BCUT2D eigenvalue weighted by Gasteiger charge is -2.18. The van der Waals surface area contributed by atoms with Crippen molar-refractivity contribution in [3.63, 3.8) is 0 Å². The van der Waals surface area contributed by atoms with Crippen molar-refractivity contribution in [2.24, 2.45) is 7.05 Å². The van der Waals surface area contributed by atoms with Gasteiger partial charge in [-0.2, -0.15) is 0 Å². The largest absolute Gasteiger partial charge is 0.454 e. The van der Waals surface area contributed by atoms with Gasteiger partial charge in [0.15, 0.2) is 11.6 Å². The molecule has 1 aliphatic rings. The molecular weight excluding hydrogens is 419 g/mol. The molecule has 2 aromatic carbocycles. The summed E-state index contributed by atoms with van der Waals surface area (Å²) in [5, 5.41) is 4.28. The predicted molar refractivity (Wildman–Crippen MR) is 126 cm³/mol. The molecule has 6 nitrogen and oxygen atoms in total. The van der Waals surface area contributed by atoms with Crippen LogP contribution in [0.4, 0.5) is 10.2 Å². The molecule has 1 atom stereocenters. The topological polar surface area (TPSA) is 59.4 Å². The van der Waals surface area contributed by atoms with Gasteiger partial charge in [-0.15, -0.1) is 0 Å². The molecule has 1 N–H and O–H groups in total. The lowest BCUT2D eigenvalue weighted by atomic mass is 10.1. The third kappa shape index (κ3) is 3.69. The Kier molecular flexibility index (Phi) is 5.24. The lowest BCUT2D eigenvalue weighted by Crippen LogP contribution is -2.22. The van der Waals surface area contributed by atoms with Gasteiger partial charge in [0, 0.05) is 42.5 Å². The SMILES string of the molecule is CCN1Cc2c(ccnc2N[C@@H](C)c2ccc(Oc3cccc4c3ccn4C)c(F)c2)C1=O. The fourth-order valence-corrected chi connectivity index (χ4v) is 4.30. The summed E-state index contributed by atoms with van der Waals surface area (Å²) in [5.74, 6) is 1.02. The number of nitrogens with one attached hydrogen (secondary N) is 1. The smallest absolute Gasteiger partial charge is 0.254 e. The minimum atomic E-state index is -0.437. The van der Waals surface area contributed by atoms with Crippen LogP contribution in [-0.2, 0) is 13.6 Å². The number of benzene rings is 2. The van der Waals surface area contributed by atoms with E-state index >= 15 is 0 Å². The highest BCUT2D eigenvalue weighted by molar-refractivity contribution is 5.99. The van der Waals surface area contributed by atoms with E-state index in [4.69, 9.17) is 4.74 Å². The number of pyridine rings is 1. The highest BCUT2D eigenvalue weighted by atomic mass is 19.1. The Labute approximate surface area is 191 Å². The number of hydrogen-bond acceptors (Lipinski definition) is 4. The van der Waals surface area contributed by atoms with Gasteiger partial charge >= 0.3 is 0 Å². The summed E-state index contributed by atoms with van der Waals surface area (Å²) in [6, 6.07) is 14.2. The van der Waals surface area contributed by atoms with Crippen LogP contribution in [0.15, 0.2) is 60.9 Å². The Morgan fingerprint density at radius 3 is 2.82 bits per heavy atom. The first-order valence-corrected chi connectivity index (χ1v) is 11.0. The Hall–Kier alpha value is -3.87. The van der Waals surface area contributed by atoms with Gasteiger partial charge in [0.1, 0.15) is 11.6 Å².